The van der Waals surface area contributed by atoms with Crippen molar-refractivity contribution < 1.29 is 9.53 Å². The summed E-state index contributed by atoms with van der Waals surface area (Å²) in [5.74, 6) is 0.704. The normalized spacial score (nSPS) is 21.4. The largest absolute Gasteiger partial charge is 0.449 e. The van der Waals surface area contributed by atoms with Crippen molar-refractivity contribution in [2.24, 2.45) is 0 Å². The maximum atomic E-state index is 11.9. The Kier molecular flexibility index (Phi) is 5.21. The molecule has 1 aliphatic carbocycles. The van der Waals surface area contributed by atoms with Gasteiger partial charge in [0, 0.05) is 38.6 Å². The number of benzene rings is 1. The Morgan fingerprint density at radius 2 is 2.04 bits per heavy atom. The van der Waals surface area contributed by atoms with Crippen molar-refractivity contribution in [3.05, 3.63) is 35.4 Å². The molecule has 1 aromatic rings. The number of hydrogen-bond donors (Lipinski definition) is 0. The molecule has 0 N–H and O–H groups in total. The van der Waals surface area contributed by atoms with E-state index in [0.29, 0.717) is 18.6 Å². The zero-order valence-electron chi connectivity index (χ0n) is 14.3. The highest BCUT2D eigenvalue weighted by Crippen LogP contribution is 2.35. The van der Waals surface area contributed by atoms with Crippen molar-refractivity contribution in [3.8, 4) is 0 Å². The van der Waals surface area contributed by atoms with Crippen LogP contribution in [-0.4, -0.2) is 55.2 Å². The van der Waals surface area contributed by atoms with Crippen LogP contribution in [0.2, 0.25) is 0 Å². The summed E-state index contributed by atoms with van der Waals surface area (Å²) in [4.78, 5) is 16.3. The number of rotatable bonds is 5. The van der Waals surface area contributed by atoms with Gasteiger partial charge in [0.1, 0.15) is 0 Å². The van der Waals surface area contributed by atoms with Crippen LogP contribution in [0.25, 0.3) is 0 Å². The highest BCUT2D eigenvalue weighted by atomic mass is 16.6. The van der Waals surface area contributed by atoms with E-state index in [1.54, 1.807) is 4.90 Å². The van der Waals surface area contributed by atoms with Gasteiger partial charge in [-0.2, -0.15) is 0 Å². The molecule has 4 nitrogen and oxygen atoms in total. The van der Waals surface area contributed by atoms with Gasteiger partial charge in [-0.3, -0.25) is 0 Å². The van der Waals surface area contributed by atoms with Crippen LogP contribution in [0.1, 0.15) is 43.2 Å². The van der Waals surface area contributed by atoms with E-state index >= 15 is 0 Å². The fourth-order valence-corrected chi connectivity index (χ4v) is 3.77. The molecule has 1 heterocycles. The molecule has 126 valence electrons. The molecule has 0 bridgehead atoms. The molecular formula is C19H28N2O2. The summed E-state index contributed by atoms with van der Waals surface area (Å²) in [6.07, 6.45) is 4.02. The lowest BCUT2D eigenvalue weighted by atomic mass is 9.77. The third-order valence-corrected chi connectivity index (χ3v) is 5.26. The molecule has 2 aliphatic rings. The van der Waals surface area contributed by atoms with Crippen LogP contribution in [-0.2, 0) is 11.2 Å². The number of carbonyl (C=O) groups is 1. The number of ether oxygens (including phenoxy) is 1. The molecule has 1 amide bonds. The molecule has 0 saturated carbocycles. The number of nitrogens with zero attached hydrogens (tertiary/aromatic N) is 2. The number of hydrogen-bond acceptors (Lipinski definition) is 3. The minimum atomic E-state index is -0.168. The SMILES string of the molecule is CCCOC(=O)N(C)C1CCN(CC2Cc3ccccc32)CC1. The third-order valence-electron chi connectivity index (χ3n) is 5.26. The van der Waals surface area contributed by atoms with Crippen LogP contribution in [0.4, 0.5) is 4.79 Å². The van der Waals surface area contributed by atoms with Crippen LogP contribution < -0.4 is 0 Å². The first-order valence-corrected chi connectivity index (χ1v) is 8.88. The van der Waals surface area contributed by atoms with Gasteiger partial charge in [-0.15, -0.1) is 0 Å². The second-order valence-corrected chi connectivity index (χ2v) is 6.86. The van der Waals surface area contributed by atoms with Crippen molar-refractivity contribution >= 4 is 6.09 Å². The fraction of sp³-hybridized carbons (Fsp3) is 0.632. The molecule has 1 atom stereocenters. The topological polar surface area (TPSA) is 32.8 Å². The summed E-state index contributed by atoms with van der Waals surface area (Å²) in [5, 5.41) is 0. The van der Waals surface area contributed by atoms with E-state index in [1.807, 2.05) is 14.0 Å². The number of amides is 1. The molecular weight excluding hydrogens is 288 g/mol. The molecule has 1 fully saturated rings. The second-order valence-electron chi connectivity index (χ2n) is 6.86. The number of carbonyl (C=O) groups excluding carboxylic acids is 1. The molecule has 1 unspecified atom stereocenters. The van der Waals surface area contributed by atoms with Gasteiger partial charge >= 0.3 is 6.09 Å². The molecule has 0 aromatic heterocycles. The molecule has 4 heteroatoms. The van der Waals surface area contributed by atoms with Gasteiger partial charge in [0.05, 0.1) is 6.61 Å². The van der Waals surface area contributed by atoms with Gasteiger partial charge in [-0.05, 0) is 36.8 Å². The van der Waals surface area contributed by atoms with E-state index < -0.39 is 0 Å². The van der Waals surface area contributed by atoms with E-state index in [-0.39, 0.29) is 6.09 Å². The summed E-state index contributed by atoms with van der Waals surface area (Å²) >= 11 is 0. The van der Waals surface area contributed by atoms with E-state index in [0.717, 1.165) is 38.9 Å². The first kappa shape index (κ1) is 16.3. The minimum Gasteiger partial charge on any atom is -0.449 e. The standard InChI is InChI=1S/C19H28N2O2/c1-3-12-23-19(22)20(2)17-8-10-21(11-9-17)14-16-13-15-6-4-5-7-18(15)16/h4-7,16-17H,3,8-14H2,1-2H3. The van der Waals surface area contributed by atoms with Crippen LogP contribution in [0.15, 0.2) is 24.3 Å². The number of fused-ring (bicyclic) bond motifs is 1. The lowest BCUT2D eigenvalue weighted by Crippen LogP contribution is -2.47. The van der Waals surface area contributed by atoms with E-state index in [2.05, 4.69) is 29.2 Å². The molecule has 1 saturated heterocycles. The summed E-state index contributed by atoms with van der Waals surface area (Å²) in [5.41, 5.74) is 3.06. The van der Waals surface area contributed by atoms with Gasteiger partial charge in [0.25, 0.3) is 0 Å². The van der Waals surface area contributed by atoms with Gasteiger partial charge < -0.3 is 14.5 Å². The van der Waals surface area contributed by atoms with Gasteiger partial charge in [-0.1, -0.05) is 31.2 Å². The lowest BCUT2D eigenvalue weighted by Gasteiger charge is -2.40. The first-order chi connectivity index (χ1) is 11.2. The Labute approximate surface area is 139 Å². The van der Waals surface area contributed by atoms with Gasteiger partial charge in [0.2, 0.25) is 0 Å². The maximum absolute atomic E-state index is 11.9. The van der Waals surface area contributed by atoms with Crippen LogP contribution in [0.3, 0.4) is 0 Å². The quantitative estimate of drug-likeness (QED) is 0.836. The number of piperidine rings is 1. The Morgan fingerprint density at radius 3 is 2.74 bits per heavy atom. The van der Waals surface area contributed by atoms with Crippen molar-refractivity contribution in [1.29, 1.82) is 0 Å². The second kappa shape index (κ2) is 7.35. The van der Waals surface area contributed by atoms with Crippen molar-refractivity contribution in [3.63, 3.8) is 0 Å². The first-order valence-electron chi connectivity index (χ1n) is 8.88. The highest BCUT2D eigenvalue weighted by Gasteiger charge is 2.30. The van der Waals surface area contributed by atoms with E-state index in [1.165, 1.54) is 17.5 Å². The Hall–Kier alpha value is -1.55. The van der Waals surface area contributed by atoms with Crippen molar-refractivity contribution in [2.45, 2.75) is 44.6 Å². The zero-order chi connectivity index (χ0) is 16.2. The van der Waals surface area contributed by atoms with Crippen LogP contribution in [0.5, 0.6) is 0 Å². The average Bonchev–Trinajstić information content (AvgIpc) is 2.57. The zero-order valence-corrected chi connectivity index (χ0v) is 14.3. The summed E-state index contributed by atoms with van der Waals surface area (Å²) in [7, 11) is 1.88. The lowest BCUT2D eigenvalue weighted by molar-refractivity contribution is 0.0754. The van der Waals surface area contributed by atoms with E-state index in [9.17, 15) is 4.79 Å². The molecule has 1 aromatic carbocycles. The number of likely N-dealkylation sites (tertiary alicyclic amines) is 1. The summed E-state index contributed by atoms with van der Waals surface area (Å²) < 4.78 is 5.24. The van der Waals surface area contributed by atoms with Gasteiger partial charge in [0.15, 0.2) is 0 Å². The molecule has 1 aliphatic heterocycles. The Morgan fingerprint density at radius 1 is 1.30 bits per heavy atom. The van der Waals surface area contributed by atoms with Crippen LogP contribution >= 0.6 is 0 Å². The molecule has 3 rings (SSSR count). The molecule has 0 spiro atoms. The molecule has 0 radical (unpaired) electrons. The smallest absolute Gasteiger partial charge is 0.409 e. The minimum absolute atomic E-state index is 0.168. The van der Waals surface area contributed by atoms with Crippen LogP contribution in [0, 0.1) is 0 Å². The summed E-state index contributed by atoms with van der Waals surface area (Å²) in [6, 6.07) is 9.12. The predicted octanol–water partition coefficient (Wildman–Crippen LogP) is 3.27. The predicted molar refractivity (Wildman–Crippen MR) is 91.8 cm³/mol. The van der Waals surface area contributed by atoms with Crippen molar-refractivity contribution in [1.82, 2.24) is 9.80 Å². The average molecular weight is 316 g/mol. The summed E-state index contributed by atoms with van der Waals surface area (Å²) in [6.45, 7) is 5.85. The fourth-order valence-electron chi connectivity index (χ4n) is 3.77. The monoisotopic (exact) mass is 316 g/mol. The third kappa shape index (κ3) is 3.69. The Balaban J connectivity index is 1.43. The highest BCUT2D eigenvalue weighted by molar-refractivity contribution is 5.67. The molecule has 23 heavy (non-hydrogen) atoms. The van der Waals surface area contributed by atoms with Crippen molar-refractivity contribution in [2.75, 3.05) is 33.3 Å². The maximum Gasteiger partial charge on any atom is 0.409 e. The Bertz CT molecular complexity index is 538. The van der Waals surface area contributed by atoms with E-state index in [4.69, 9.17) is 4.74 Å². The van der Waals surface area contributed by atoms with Gasteiger partial charge in [-0.25, -0.2) is 4.79 Å².